The zero-order valence-corrected chi connectivity index (χ0v) is 15.6. The van der Waals surface area contributed by atoms with Crippen LogP contribution in [0.2, 0.25) is 5.02 Å². The summed E-state index contributed by atoms with van der Waals surface area (Å²) in [7, 11) is 3.61. The Morgan fingerprint density at radius 1 is 1.18 bits per heavy atom. The molecule has 0 radical (unpaired) electrons. The molecule has 28 heavy (non-hydrogen) atoms. The van der Waals surface area contributed by atoms with Gasteiger partial charge in [-0.15, -0.1) is 13.2 Å². The lowest BCUT2D eigenvalue weighted by Crippen LogP contribution is -2.25. The van der Waals surface area contributed by atoms with Gasteiger partial charge in [0.05, 0.1) is 16.7 Å². The van der Waals surface area contributed by atoms with Crippen LogP contribution in [-0.2, 0) is 0 Å². The van der Waals surface area contributed by atoms with Crippen molar-refractivity contribution in [3.63, 3.8) is 0 Å². The molecule has 0 bridgehead atoms. The standard InChI is InChI=1S/C18H15ClF3N5O/c1-26(2)27-16-6-4-11(28-18(20,21)22)8-14(16)24-17(27)25-15-9-23-13-5-3-10(19)7-12(13)15/h3-9,23H,1-2H3,(H,24,25). The molecule has 0 unspecified atom stereocenters. The van der Waals surface area contributed by atoms with Crippen LogP contribution >= 0.6 is 11.6 Å². The van der Waals surface area contributed by atoms with Gasteiger partial charge in [-0.2, -0.15) is 0 Å². The zero-order chi connectivity index (χ0) is 20.1. The Balaban J connectivity index is 1.78. The van der Waals surface area contributed by atoms with E-state index in [0.717, 1.165) is 16.6 Å². The molecule has 0 saturated heterocycles. The number of nitrogens with zero attached hydrogens (tertiary/aromatic N) is 3. The van der Waals surface area contributed by atoms with Gasteiger partial charge in [-0.3, -0.25) is 0 Å². The summed E-state index contributed by atoms with van der Waals surface area (Å²) in [6, 6.07) is 9.49. The zero-order valence-electron chi connectivity index (χ0n) is 14.8. The first-order chi connectivity index (χ1) is 13.2. The second-order valence-electron chi connectivity index (χ2n) is 6.31. The molecule has 2 heterocycles. The first-order valence-corrected chi connectivity index (χ1v) is 8.58. The summed E-state index contributed by atoms with van der Waals surface area (Å²) >= 11 is 6.09. The van der Waals surface area contributed by atoms with E-state index in [9.17, 15) is 13.2 Å². The maximum absolute atomic E-state index is 12.5. The molecule has 2 aromatic carbocycles. The van der Waals surface area contributed by atoms with Crippen LogP contribution in [0.4, 0.5) is 24.8 Å². The summed E-state index contributed by atoms with van der Waals surface area (Å²) in [6.07, 6.45) is -2.99. The molecule has 0 saturated carbocycles. The Kier molecular flexibility index (Phi) is 4.26. The highest BCUT2D eigenvalue weighted by Crippen LogP contribution is 2.32. The summed E-state index contributed by atoms with van der Waals surface area (Å²) in [6.45, 7) is 0. The van der Waals surface area contributed by atoms with E-state index in [1.807, 2.05) is 12.1 Å². The lowest BCUT2D eigenvalue weighted by Gasteiger charge is -2.18. The van der Waals surface area contributed by atoms with Crippen LogP contribution in [0.15, 0.2) is 42.6 Å². The average molecular weight is 410 g/mol. The van der Waals surface area contributed by atoms with Crippen molar-refractivity contribution in [1.29, 1.82) is 0 Å². The maximum Gasteiger partial charge on any atom is 0.573 e. The molecule has 6 nitrogen and oxygen atoms in total. The number of anilines is 2. The molecular weight excluding hydrogens is 395 g/mol. The van der Waals surface area contributed by atoms with Gasteiger partial charge in [-0.25, -0.2) is 9.66 Å². The van der Waals surface area contributed by atoms with Gasteiger partial charge in [0.2, 0.25) is 5.95 Å². The SMILES string of the molecule is CN(C)n1c(Nc2c[nH]c3ccc(Cl)cc23)nc2cc(OC(F)(F)F)ccc21. The molecule has 4 rings (SSSR count). The molecule has 0 aliphatic heterocycles. The first kappa shape index (κ1) is 18.3. The molecule has 4 aromatic rings. The number of fused-ring (bicyclic) bond motifs is 2. The third kappa shape index (κ3) is 3.40. The molecule has 0 spiro atoms. The third-order valence-electron chi connectivity index (χ3n) is 4.13. The molecule has 0 fully saturated rings. The first-order valence-electron chi connectivity index (χ1n) is 8.21. The van der Waals surface area contributed by atoms with E-state index in [-0.39, 0.29) is 5.75 Å². The highest BCUT2D eigenvalue weighted by Gasteiger charge is 2.31. The normalized spacial score (nSPS) is 11.9. The van der Waals surface area contributed by atoms with Gasteiger partial charge in [0.1, 0.15) is 5.75 Å². The number of nitrogens with one attached hydrogen (secondary N) is 2. The molecule has 0 aliphatic carbocycles. The maximum atomic E-state index is 12.5. The van der Waals surface area contributed by atoms with Gasteiger partial charge in [-0.1, -0.05) is 11.6 Å². The number of hydrogen-bond acceptors (Lipinski definition) is 4. The second kappa shape index (κ2) is 6.52. The molecule has 10 heteroatoms. The number of H-pyrrole nitrogens is 1. The number of aromatic nitrogens is 3. The van der Waals surface area contributed by atoms with E-state index in [0.29, 0.717) is 22.0 Å². The second-order valence-corrected chi connectivity index (χ2v) is 6.75. The van der Waals surface area contributed by atoms with E-state index in [4.69, 9.17) is 11.6 Å². The topological polar surface area (TPSA) is 58.1 Å². The Bertz CT molecular complexity index is 1170. The Morgan fingerprint density at radius 2 is 1.96 bits per heavy atom. The van der Waals surface area contributed by atoms with Crippen molar-refractivity contribution in [1.82, 2.24) is 14.6 Å². The Morgan fingerprint density at radius 3 is 2.68 bits per heavy atom. The third-order valence-corrected chi connectivity index (χ3v) is 4.36. The summed E-state index contributed by atoms with van der Waals surface area (Å²) in [5.74, 6) is 0.110. The van der Waals surface area contributed by atoms with Crippen LogP contribution in [0, 0.1) is 0 Å². The number of rotatable bonds is 4. The lowest BCUT2D eigenvalue weighted by molar-refractivity contribution is -0.274. The molecule has 0 aliphatic rings. The van der Waals surface area contributed by atoms with Crippen LogP contribution in [-0.4, -0.2) is 35.1 Å². The number of hydrogen-bond donors (Lipinski definition) is 2. The Hall–Kier alpha value is -3.07. The molecule has 2 aromatic heterocycles. The Labute approximate surface area is 162 Å². The monoisotopic (exact) mass is 409 g/mol. The van der Waals surface area contributed by atoms with Crippen LogP contribution in [0.25, 0.3) is 21.9 Å². The van der Waals surface area contributed by atoms with Crippen molar-refractivity contribution in [2.24, 2.45) is 0 Å². The van der Waals surface area contributed by atoms with Crippen molar-refractivity contribution in [2.75, 3.05) is 24.4 Å². The summed E-state index contributed by atoms with van der Waals surface area (Å²) in [5.41, 5.74) is 2.61. The van der Waals surface area contributed by atoms with Crippen molar-refractivity contribution in [3.05, 3.63) is 47.6 Å². The van der Waals surface area contributed by atoms with Gasteiger partial charge in [0.25, 0.3) is 0 Å². The van der Waals surface area contributed by atoms with Gasteiger partial charge in [0, 0.05) is 42.3 Å². The van der Waals surface area contributed by atoms with E-state index >= 15 is 0 Å². The number of imidazole rings is 1. The van der Waals surface area contributed by atoms with E-state index in [1.54, 1.807) is 36.0 Å². The molecule has 0 amide bonds. The van der Waals surface area contributed by atoms with Crippen molar-refractivity contribution in [3.8, 4) is 5.75 Å². The highest BCUT2D eigenvalue weighted by atomic mass is 35.5. The van der Waals surface area contributed by atoms with Crippen LogP contribution in [0.1, 0.15) is 0 Å². The minimum Gasteiger partial charge on any atom is -0.406 e. The van der Waals surface area contributed by atoms with Gasteiger partial charge in [0.15, 0.2) is 0 Å². The fraction of sp³-hybridized carbons (Fsp3) is 0.167. The quantitative estimate of drug-likeness (QED) is 0.497. The predicted octanol–water partition coefficient (Wildman–Crippen LogP) is 5.01. The fourth-order valence-corrected chi connectivity index (χ4v) is 3.22. The van der Waals surface area contributed by atoms with Gasteiger partial charge in [-0.05, 0) is 30.3 Å². The minimum absolute atomic E-state index is 0.325. The minimum atomic E-state index is -4.76. The largest absolute Gasteiger partial charge is 0.573 e. The molecule has 146 valence electrons. The van der Waals surface area contributed by atoms with Gasteiger partial charge >= 0.3 is 6.36 Å². The van der Waals surface area contributed by atoms with Crippen LogP contribution in [0.3, 0.4) is 0 Å². The number of halogens is 4. The van der Waals surface area contributed by atoms with Crippen molar-refractivity contribution in [2.45, 2.75) is 6.36 Å². The van der Waals surface area contributed by atoms with Gasteiger partial charge < -0.3 is 20.0 Å². The summed E-state index contributed by atoms with van der Waals surface area (Å²) in [5, 5.41) is 6.44. The molecule has 2 N–H and O–H groups in total. The number of benzene rings is 2. The lowest BCUT2D eigenvalue weighted by atomic mass is 10.2. The average Bonchev–Trinajstić information content (AvgIpc) is 3.14. The fourth-order valence-electron chi connectivity index (χ4n) is 3.05. The smallest absolute Gasteiger partial charge is 0.406 e. The van der Waals surface area contributed by atoms with Crippen LogP contribution in [0.5, 0.6) is 5.75 Å². The predicted molar refractivity (Wildman–Crippen MR) is 103 cm³/mol. The van der Waals surface area contributed by atoms with E-state index < -0.39 is 6.36 Å². The summed E-state index contributed by atoms with van der Waals surface area (Å²) < 4.78 is 43.3. The number of ether oxygens (including phenoxy) is 1. The number of alkyl halides is 3. The van der Waals surface area contributed by atoms with Crippen LogP contribution < -0.4 is 15.1 Å². The number of aromatic amines is 1. The van der Waals surface area contributed by atoms with Crippen molar-refractivity contribution < 1.29 is 17.9 Å². The van der Waals surface area contributed by atoms with E-state index in [1.165, 1.54) is 18.2 Å². The molecular formula is C18H15ClF3N5O. The highest BCUT2D eigenvalue weighted by molar-refractivity contribution is 6.31. The molecule has 0 atom stereocenters. The summed E-state index contributed by atoms with van der Waals surface area (Å²) in [4.78, 5) is 7.58. The van der Waals surface area contributed by atoms with Crippen molar-refractivity contribution >= 4 is 45.2 Å². The van der Waals surface area contributed by atoms with E-state index in [2.05, 4.69) is 20.0 Å².